The smallest absolute Gasteiger partial charge is 0.339 e. The molecule has 0 unspecified atom stereocenters. The topological polar surface area (TPSA) is 111 Å². The van der Waals surface area contributed by atoms with E-state index in [0.717, 1.165) is 0 Å². The van der Waals surface area contributed by atoms with Crippen LogP contribution in [0, 0.1) is 0 Å². The number of para-hydroxylation sites is 1. The van der Waals surface area contributed by atoms with E-state index in [0.29, 0.717) is 0 Å². The molecular weight excluding hydrogens is 404 g/mol. The molecule has 1 heterocycles. The number of rotatable bonds is 5. The van der Waals surface area contributed by atoms with E-state index in [4.69, 9.17) is 21.1 Å². The van der Waals surface area contributed by atoms with Gasteiger partial charge in [0.05, 0.1) is 7.11 Å². The standard InChI is InChI=1S/C18H14N2O6S2/c1-25-14-9-5-6-11(10-13-16(21)19-18(27)20-17(13)22)15(14)26-28(23,24)12-7-3-2-4-8-12/h2-10H,1H3,(H2,19,20,21,22,27). The van der Waals surface area contributed by atoms with E-state index in [9.17, 15) is 18.0 Å². The Morgan fingerprint density at radius 2 is 1.61 bits per heavy atom. The second-order valence-electron chi connectivity index (χ2n) is 5.52. The van der Waals surface area contributed by atoms with Gasteiger partial charge in [-0.1, -0.05) is 30.3 Å². The second kappa shape index (κ2) is 7.79. The van der Waals surface area contributed by atoms with Crippen LogP contribution >= 0.6 is 12.2 Å². The maximum Gasteiger partial charge on any atom is 0.339 e. The van der Waals surface area contributed by atoms with Gasteiger partial charge in [-0.3, -0.25) is 20.2 Å². The van der Waals surface area contributed by atoms with Crippen LogP contribution in [0.5, 0.6) is 11.5 Å². The largest absolute Gasteiger partial charge is 0.493 e. The third-order valence-electron chi connectivity index (χ3n) is 3.70. The molecule has 1 saturated heterocycles. The third kappa shape index (κ3) is 4.02. The fourth-order valence-corrected chi connectivity index (χ4v) is 3.57. The van der Waals surface area contributed by atoms with Crippen LogP contribution < -0.4 is 19.6 Å². The lowest BCUT2D eigenvalue weighted by molar-refractivity contribution is -0.123. The zero-order valence-electron chi connectivity index (χ0n) is 14.5. The van der Waals surface area contributed by atoms with Crippen LogP contribution in [-0.4, -0.2) is 32.5 Å². The first-order valence-electron chi connectivity index (χ1n) is 7.87. The average molecular weight is 418 g/mol. The first kappa shape index (κ1) is 19.5. The summed E-state index contributed by atoms with van der Waals surface area (Å²) in [6.45, 7) is 0. The van der Waals surface area contributed by atoms with E-state index in [1.807, 2.05) is 0 Å². The highest BCUT2D eigenvalue weighted by Crippen LogP contribution is 2.35. The maximum absolute atomic E-state index is 12.6. The first-order valence-corrected chi connectivity index (χ1v) is 9.68. The fraction of sp³-hybridized carbons (Fsp3) is 0.0556. The lowest BCUT2D eigenvalue weighted by Gasteiger charge is -2.17. The number of benzene rings is 2. The molecule has 0 aromatic heterocycles. The van der Waals surface area contributed by atoms with Crippen LogP contribution in [0.1, 0.15) is 5.56 Å². The molecule has 2 aromatic rings. The molecule has 0 radical (unpaired) electrons. The third-order valence-corrected chi connectivity index (χ3v) is 5.14. The molecule has 144 valence electrons. The van der Waals surface area contributed by atoms with E-state index >= 15 is 0 Å². The summed E-state index contributed by atoms with van der Waals surface area (Å²) < 4.78 is 35.7. The molecule has 0 spiro atoms. The minimum atomic E-state index is -4.18. The number of amides is 2. The second-order valence-corrected chi connectivity index (χ2v) is 7.48. The number of nitrogens with one attached hydrogen (secondary N) is 2. The Morgan fingerprint density at radius 3 is 2.21 bits per heavy atom. The quantitative estimate of drug-likeness (QED) is 0.327. The highest BCUT2D eigenvalue weighted by atomic mass is 32.2. The number of hydrogen-bond donors (Lipinski definition) is 2. The zero-order valence-corrected chi connectivity index (χ0v) is 16.1. The average Bonchev–Trinajstić information content (AvgIpc) is 2.66. The van der Waals surface area contributed by atoms with Crippen molar-refractivity contribution in [2.45, 2.75) is 4.90 Å². The molecular formula is C18H14N2O6S2. The molecule has 0 bridgehead atoms. The summed E-state index contributed by atoms with van der Waals surface area (Å²) in [6, 6.07) is 12.1. The zero-order chi connectivity index (χ0) is 20.3. The van der Waals surface area contributed by atoms with E-state index in [1.54, 1.807) is 24.3 Å². The van der Waals surface area contributed by atoms with Crippen LogP contribution in [0.3, 0.4) is 0 Å². The molecule has 2 N–H and O–H groups in total. The van der Waals surface area contributed by atoms with Crippen molar-refractivity contribution in [1.29, 1.82) is 0 Å². The van der Waals surface area contributed by atoms with Gasteiger partial charge in [0.2, 0.25) is 0 Å². The Balaban J connectivity index is 2.07. The maximum atomic E-state index is 12.6. The van der Waals surface area contributed by atoms with Crippen LogP contribution in [-0.2, 0) is 19.7 Å². The van der Waals surface area contributed by atoms with E-state index in [-0.39, 0.29) is 32.6 Å². The summed E-state index contributed by atoms with van der Waals surface area (Å²) in [5.74, 6) is -1.47. The van der Waals surface area contributed by atoms with Crippen molar-refractivity contribution in [2.24, 2.45) is 0 Å². The minimum absolute atomic E-state index is 0.0574. The van der Waals surface area contributed by atoms with Gasteiger partial charge in [0, 0.05) is 5.56 Å². The molecule has 0 aliphatic carbocycles. The van der Waals surface area contributed by atoms with Gasteiger partial charge in [0.25, 0.3) is 11.8 Å². The van der Waals surface area contributed by atoms with E-state index in [2.05, 4.69) is 10.6 Å². The number of ether oxygens (including phenoxy) is 1. The predicted molar refractivity (Wildman–Crippen MR) is 104 cm³/mol. The van der Waals surface area contributed by atoms with Gasteiger partial charge in [0.1, 0.15) is 10.5 Å². The summed E-state index contributed by atoms with van der Waals surface area (Å²) >= 11 is 4.75. The Labute approximate surface area is 166 Å². The molecule has 1 aliphatic heterocycles. The van der Waals surface area contributed by atoms with Crippen molar-refractivity contribution < 1.29 is 26.9 Å². The summed E-state index contributed by atoms with van der Waals surface area (Å²) in [5.41, 5.74) is -0.101. The molecule has 2 amide bonds. The predicted octanol–water partition coefficient (Wildman–Crippen LogP) is 1.38. The number of methoxy groups -OCH3 is 1. The first-order chi connectivity index (χ1) is 13.3. The molecule has 1 aliphatic rings. The highest BCUT2D eigenvalue weighted by molar-refractivity contribution is 7.87. The monoisotopic (exact) mass is 418 g/mol. The summed E-state index contributed by atoms with van der Waals surface area (Å²) in [7, 11) is -2.84. The van der Waals surface area contributed by atoms with Crippen LogP contribution in [0.15, 0.2) is 59.0 Å². The molecule has 0 atom stereocenters. The Bertz CT molecular complexity index is 1070. The van der Waals surface area contributed by atoms with Crippen LogP contribution in [0.4, 0.5) is 0 Å². The van der Waals surface area contributed by atoms with Crippen molar-refractivity contribution in [3.05, 3.63) is 59.7 Å². The van der Waals surface area contributed by atoms with Gasteiger partial charge >= 0.3 is 10.1 Å². The van der Waals surface area contributed by atoms with E-state index in [1.165, 1.54) is 37.5 Å². The van der Waals surface area contributed by atoms with Gasteiger partial charge < -0.3 is 8.92 Å². The van der Waals surface area contributed by atoms with Crippen molar-refractivity contribution in [1.82, 2.24) is 10.6 Å². The number of carbonyl (C=O) groups is 2. The number of hydrogen-bond acceptors (Lipinski definition) is 7. The SMILES string of the molecule is COc1cccc(C=C2C(=O)NC(=S)NC2=O)c1OS(=O)(=O)c1ccccc1. The highest BCUT2D eigenvalue weighted by Gasteiger charge is 2.27. The number of thiocarbonyl (C=S) groups is 1. The van der Waals surface area contributed by atoms with E-state index < -0.39 is 21.9 Å². The van der Waals surface area contributed by atoms with Crippen LogP contribution in [0.2, 0.25) is 0 Å². The summed E-state index contributed by atoms with van der Waals surface area (Å²) in [5, 5.41) is 4.50. The summed E-state index contributed by atoms with van der Waals surface area (Å²) in [6.07, 6.45) is 1.20. The number of carbonyl (C=O) groups excluding carboxylic acids is 2. The molecule has 1 fully saturated rings. The molecule has 10 heteroatoms. The van der Waals surface area contributed by atoms with Gasteiger partial charge in [0.15, 0.2) is 16.6 Å². The normalized spacial score (nSPS) is 14.2. The molecule has 8 nitrogen and oxygen atoms in total. The van der Waals surface area contributed by atoms with Crippen molar-refractivity contribution in [2.75, 3.05) is 7.11 Å². The van der Waals surface area contributed by atoms with Crippen molar-refractivity contribution >= 4 is 45.3 Å². The minimum Gasteiger partial charge on any atom is -0.493 e. The van der Waals surface area contributed by atoms with Gasteiger partial charge in [-0.05, 0) is 36.5 Å². The van der Waals surface area contributed by atoms with Crippen molar-refractivity contribution in [3.8, 4) is 11.5 Å². The van der Waals surface area contributed by atoms with Gasteiger partial charge in [-0.15, -0.1) is 0 Å². The summed E-state index contributed by atoms with van der Waals surface area (Å²) in [4.78, 5) is 24.1. The Hall–Kier alpha value is -3.24. The van der Waals surface area contributed by atoms with Gasteiger partial charge in [-0.25, -0.2) is 0 Å². The fourth-order valence-electron chi connectivity index (χ4n) is 2.40. The molecule has 0 saturated carbocycles. The molecule has 3 rings (SSSR count). The Kier molecular flexibility index (Phi) is 5.43. The van der Waals surface area contributed by atoms with Crippen molar-refractivity contribution in [3.63, 3.8) is 0 Å². The lowest BCUT2D eigenvalue weighted by atomic mass is 10.1. The lowest BCUT2D eigenvalue weighted by Crippen LogP contribution is -2.51. The van der Waals surface area contributed by atoms with Gasteiger partial charge in [-0.2, -0.15) is 8.42 Å². The Morgan fingerprint density at radius 1 is 0.964 bits per heavy atom. The molecule has 28 heavy (non-hydrogen) atoms. The van der Waals surface area contributed by atoms with Crippen LogP contribution in [0.25, 0.3) is 6.08 Å². The molecule has 2 aromatic carbocycles.